The molecule has 82 valence electrons. The molecule has 0 radical (unpaired) electrons. The van der Waals surface area contributed by atoms with E-state index in [9.17, 15) is 13.6 Å². The predicted molar refractivity (Wildman–Crippen MR) is 55.2 cm³/mol. The van der Waals surface area contributed by atoms with Crippen LogP contribution in [0.25, 0.3) is 0 Å². The van der Waals surface area contributed by atoms with Crippen molar-refractivity contribution in [2.75, 3.05) is 5.88 Å². The van der Waals surface area contributed by atoms with Gasteiger partial charge in [-0.15, -0.1) is 11.6 Å². The van der Waals surface area contributed by atoms with Gasteiger partial charge in [0.1, 0.15) is 11.6 Å². The van der Waals surface area contributed by atoms with Crippen molar-refractivity contribution < 1.29 is 13.6 Å². The van der Waals surface area contributed by atoms with Crippen LogP contribution in [0.2, 0.25) is 0 Å². The van der Waals surface area contributed by atoms with Gasteiger partial charge in [-0.05, 0) is 18.2 Å². The fraction of sp³-hybridized carbons (Fsp3) is 0.364. The van der Waals surface area contributed by atoms with Gasteiger partial charge in [0, 0.05) is 11.3 Å². The van der Waals surface area contributed by atoms with Crippen LogP contribution in [-0.2, 0) is 0 Å². The summed E-state index contributed by atoms with van der Waals surface area (Å²) in [6.45, 7) is 3.18. The van der Waals surface area contributed by atoms with Gasteiger partial charge >= 0.3 is 0 Å². The minimum atomic E-state index is -0.893. The molecular formula is C11H11ClF2O. The maximum atomic E-state index is 13.3. The molecule has 0 aliphatic heterocycles. The Balaban J connectivity index is 3.17. The number of alkyl halides is 1. The van der Waals surface area contributed by atoms with E-state index in [4.69, 9.17) is 11.6 Å². The van der Waals surface area contributed by atoms with Crippen molar-refractivity contribution in [1.29, 1.82) is 0 Å². The lowest BCUT2D eigenvalue weighted by Gasteiger charge is -2.19. The van der Waals surface area contributed by atoms with Crippen LogP contribution in [0.4, 0.5) is 8.78 Å². The van der Waals surface area contributed by atoms with E-state index in [0.29, 0.717) is 0 Å². The molecule has 1 nitrogen and oxygen atoms in total. The summed E-state index contributed by atoms with van der Waals surface area (Å²) >= 11 is 5.59. The highest BCUT2D eigenvalue weighted by atomic mass is 35.5. The van der Waals surface area contributed by atoms with Crippen LogP contribution in [-0.4, -0.2) is 11.7 Å². The van der Waals surface area contributed by atoms with Gasteiger partial charge in [0.05, 0.1) is 5.56 Å². The summed E-state index contributed by atoms with van der Waals surface area (Å²) < 4.78 is 26.1. The predicted octanol–water partition coefficient (Wildman–Crippen LogP) is 3.41. The van der Waals surface area contributed by atoms with Gasteiger partial charge in [-0.3, -0.25) is 4.79 Å². The number of hydrogen-bond acceptors (Lipinski definition) is 1. The van der Waals surface area contributed by atoms with Crippen molar-refractivity contribution in [3.63, 3.8) is 0 Å². The Morgan fingerprint density at radius 1 is 1.40 bits per heavy atom. The number of benzene rings is 1. The molecule has 4 heteroatoms. The first kappa shape index (κ1) is 12.1. The van der Waals surface area contributed by atoms with Gasteiger partial charge in [-0.1, -0.05) is 13.8 Å². The van der Waals surface area contributed by atoms with Gasteiger partial charge in [-0.2, -0.15) is 0 Å². The van der Waals surface area contributed by atoms with Gasteiger partial charge in [-0.25, -0.2) is 8.78 Å². The third-order valence-corrected chi connectivity index (χ3v) is 2.79. The lowest BCUT2D eigenvalue weighted by atomic mass is 9.86. The normalized spacial score (nSPS) is 11.5. The molecule has 0 N–H and O–H groups in total. The van der Waals surface area contributed by atoms with E-state index in [-0.39, 0.29) is 11.4 Å². The van der Waals surface area contributed by atoms with Gasteiger partial charge in [0.25, 0.3) is 0 Å². The molecule has 0 aliphatic carbocycles. The molecule has 1 rings (SSSR count). The average Bonchev–Trinajstić information content (AvgIpc) is 2.20. The minimum Gasteiger partial charge on any atom is -0.293 e. The number of rotatable bonds is 3. The molecule has 0 aromatic heterocycles. The molecule has 0 heterocycles. The Morgan fingerprint density at radius 3 is 2.53 bits per heavy atom. The molecular weight excluding hydrogens is 222 g/mol. The van der Waals surface area contributed by atoms with Crippen molar-refractivity contribution in [3.8, 4) is 0 Å². The van der Waals surface area contributed by atoms with Crippen molar-refractivity contribution in [3.05, 3.63) is 35.4 Å². The first-order valence-corrected chi connectivity index (χ1v) is 4.98. The van der Waals surface area contributed by atoms with E-state index in [1.807, 2.05) is 0 Å². The lowest BCUT2D eigenvalue weighted by Crippen LogP contribution is -2.27. The zero-order chi connectivity index (χ0) is 11.6. The largest absolute Gasteiger partial charge is 0.293 e. The number of carbonyl (C=O) groups excluding carboxylic acids is 1. The molecule has 0 spiro atoms. The van der Waals surface area contributed by atoms with E-state index < -0.39 is 22.8 Å². The van der Waals surface area contributed by atoms with Gasteiger partial charge in [0.2, 0.25) is 0 Å². The number of carbonyl (C=O) groups is 1. The highest BCUT2D eigenvalue weighted by molar-refractivity contribution is 6.21. The van der Waals surface area contributed by atoms with E-state index in [0.717, 1.165) is 18.2 Å². The average molecular weight is 233 g/mol. The molecule has 0 atom stereocenters. The number of ketones is 1. The Kier molecular flexibility index (Phi) is 3.45. The molecule has 0 aliphatic rings. The summed E-state index contributed by atoms with van der Waals surface area (Å²) in [5.74, 6) is -1.79. The van der Waals surface area contributed by atoms with Crippen LogP contribution in [0.3, 0.4) is 0 Å². The minimum absolute atomic E-state index is 0.0573. The lowest BCUT2D eigenvalue weighted by molar-refractivity contribution is 0.0857. The molecule has 0 fully saturated rings. The number of hydrogen-bond donors (Lipinski definition) is 0. The fourth-order valence-corrected chi connectivity index (χ4v) is 1.22. The second kappa shape index (κ2) is 4.27. The molecule has 0 unspecified atom stereocenters. The topological polar surface area (TPSA) is 17.1 Å². The molecule has 1 aromatic carbocycles. The monoisotopic (exact) mass is 232 g/mol. The first-order valence-electron chi connectivity index (χ1n) is 4.44. The summed E-state index contributed by atoms with van der Waals surface area (Å²) in [7, 11) is 0. The van der Waals surface area contributed by atoms with Crippen LogP contribution in [0.1, 0.15) is 24.2 Å². The molecule has 0 bridgehead atoms. The van der Waals surface area contributed by atoms with Crippen LogP contribution < -0.4 is 0 Å². The molecule has 0 saturated carbocycles. The molecule has 0 saturated heterocycles. The van der Waals surface area contributed by atoms with Crippen LogP contribution >= 0.6 is 11.6 Å². The van der Waals surface area contributed by atoms with Gasteiger partial charge < -0.3 is 0 Å². The van der Waals surface area contributed by atoms with Crippen molar-refractivity contribution in [2.24, 2.45) is 5.41 Å². The van der Waals surface area contributed by atoms with Crippen LogP contribution in [0.15, 0.2) is 18.2 Å². The zero-order valence-corrected chi connectivity index (χ0v) is 9.24. The zero-order valence-electron chi connectivity index (χ0n) is 8.48. The summed E-state index contributed by atoms with van der Waals surface area (Å²) in [6, 6.07) is 2.80. The molecule has 1 aromatic rings. The number of Topliss-reactive ketones (excluding diaryl/α,β-unsaturated/α-hetero) is 1. The third kappa shape index (κ3) is 2.53. The van der Waals surface area contributed by atoms with E-state index in [1.165, 1.54) is 0 Å². The highest BCUT2D eigenvalue weighted by Crippen LogP contribution is 2.25. The maximum absolute atomic E-state index is 13.3. The van der Waals surface area contributed by atoms with Crippen molar-refractivity contribution in [1.82, 2.24) is 0 Å². The van der Waals surface area contributed by atoms with E-state index in [2.05, 4.69) is 0 Å². The Hall–Kier alpha value is -0.960. The summed E-state index contributed by atoms with van der Waals surface area (Å²) in [5, 5.41) is 0. The smallest absolute Gasteiger partial charge is 0.172 e. The summed E-state index contributed by atoms with van der Waals surface area (Å²) in [5.41, 5.74) is -1.14. The standard InChI is InChI=1S/C11H11ClF2O/c1-11(2,6-12)10(15)8-5-7(13)3-4-9(8)14/h3-5H,6H2,1-2H3. The van der Waals surface area contributed by atoms with E-state index in [1.54, 1.807) is 13.8 Å². The fourth-order valence-electron chi connectivity index (χ4n) is 1.10. The summed E-state index contributed by atoms with van der Waals surface area (Å²) in [4.78, 5) is 11.8. The molecule has 0 amide bonds. The first-order chi connectivity index (χ1) is 6.88. The maximum Gasteiger partial charge on any atom is 0.172 e. The van der Waals surface area contributed by atoms with Crippen LogP contribution in [0.5, 0.6) is 0 Å². The second-order valence-corrected chi connectivity index (χ2v) is 4.24. The quantitative estimate of drug-likeness (QED) is 0.577. The van der Waals surface area contributed by atoms with Crippen molar-refractivity contribution in [2.45, 2.75) is 13.8 Å². The van der Waals surface area contributed by atoms with Gasteiger partial charge in [0.15, 0.2) is 5.78 Å². The number of halogens is 3. The Labute approximate surface area is 92.1 Å². The van der Waals surface area contributed by atoms with Crippen LogP contribution in [0, 0.1) is 17.0 Å². The summed E-state index contributed by atoms with van der Waals surface area (Å²) in [6.07, 6.45) is 0. The highest BCUT2D eigenvalue weighted by Gasteiger charge is 2.29. The Bertz CT molecular complexity index is 388. The second-order valence-electron chi connectivity index (χ2n) is 3.97. The SMILES string of the molecule is CC(C)(CCl)C(=O)c1cc(F)ccc1F. The Morgan fingerprint density at radius 2 is 2.00 bits per heavy atom. The van der Waals surface area contributed by atoms with Crippen molar-refractivity contribution >= 4 is 17.4 Å². The third-order valence-electron chi connectivity index (χ3n) is 2.12. The molecule has 15 heavy (non-hydrogen) atoms. The van der Waals surface area contributed by atoms with E-state index >= 15 is 0 Å².